The summed E-state index contributed by atoms with van der Waals surface area (Å²) < 4.78 is 16.0. The summed E-state index contributed by atoms with van der Waals surface area (Å²) >= 11 is 0. The zero-order valence-electron chi connectivity index (χ0n) is 14.8. The fraction of sp³-hybridized carbons (Fsp3) is 0.263. The van der Waals surface area contributed by atoms with E-state index >= 15 is 0 Å². The Kier molecular flexibility index (Phi) is 6.43. The van der Waals surface area contributed by atoms with Crippen LogP contribution in [0.3, 0.4) is 0 Å². The van der Waals surface area contributed by atoms with Gasteiger partial charge in [0.25, 0.3) is 5.91 Å². The second-order valence-electron chi connectivity index (χ2n) is 5.69. The molecular weight excluding hydrogens is 338 g/mol. The Morgan fingerprint density at radius 1 is 1.08 bits per heavy atom. The van der Waals surface area contributed by atoms with E-state index in [1.165, 1.54) is 7.11 Å². The molecule has 0 unspecified atom stereocenters. The quantitative estimate of drug-likeness (QED) is 0.752. The van der Waals surface area contributed by atoms with Crippen LogP contribution in [0.1, 0.15) is 24.2 Å². The first-order valence-corrected chi connectivity index (χ1v) is 7.99. The van der Waals surface area contributed by atoms with Crippen LogP contribution >= 0.6 is 0 Å². The number of amides is 1. The van der Waals surface area contributed by atoms with E-state index in [-0.39, 0.29) is 12.0 Å². The molecule has 0 radical (unpaired) electrons. The fourth-order valence-electron chi connectivity index (χ4n) is 2.14. The molecule has 0 saturated heterocycles. The molecule has 7 heteroatoms. The molecule has 0 saturated carbocycles. The maximum Gasteiger partial charge on any atom is 0.341 e. The molecule has 2 N–H and O–H groups in total. The van der Waals surface area contributed by atoms with Crippen LogP contribution in [0.4, 0.5) is 5.69 Å². The first-order chi connectivity index (χ1) is 12.4. The first-order valence-electron chi connectivity index (χ1n) is 7.99. The van der Waals surface area contributed by atoms with Gasteiger partial charge in [-0.15, -0.1) is 0 Å². The maximum atomic E-state index is 12.4. The number of carboxylic acid groups (broad SMARTS) is 1. The minimum absolute atomic E-state index is 0.00885. The topological polar surface area (TPSA) is 94.1 Å². The van der Waals surface area contributed by atoms with Crippen LogP contribution in [0.15, 0.2) is 42.5 Å². The normalized spacial score (nSPS) is 10.3. The predicted octanol–water partition coefficient (Wildman–Crippen LogP) is 3.20. The van der Waals surface area contributed by atoms with Crippen molar-refractivity contribution < 1.29 is 28.9 Å². The Morgan fingerprint density at radius 3 is 2.35 bits per heavy atom. The highest BCUT2D eigenvalue weighted by Crippen LogP contribution is 2.29. The molecule has 138 valence electrons. The summed E-state index contributed by atoms with van der Waals surface area (Å²) in [6, 6.07) is 11.4. The molecule has 0 atom stereocenters. The van der Waals surface area contributed by atoms with Crippen LogP contribution < -0.4 is 19.5 Å². The van der Waals surface area contributed by atoms with Crippen LogP contribution in [0.25, 0.3) is 0 Å². The molecule has 7 nitrogen and oxygen atoms in total. The van der Waals surface area contributed by atoms with Crippen molar-refractivity contribution >= 4 is 17.6 Å². The molecule has 2 aromatic rings. The summed E-state index contributed by atoms with van der Waals surface area (Å²) in [7, 11) is 1.51. The van der Waals surface area contributed by atoms with Gasteiger partial charge in [-0.05, 0) is 56.3 Å². The Morgan fingerprint density at radius 2 is 1.77 bits per heavy atom. The SMILES string of the molecule is COc1cc(C(=O)Nc2ccc(OCC(=O)O)cc2)ccc1OC(C)C. The zero-order chi connectivity index (χ0) is 19.1. The molecule has 0 fully saturated rings. The summed E-state index contributed by atoms with van der Waals surface area (Å²) in [4.78, 5) is 22.9. The molecule has 0 heterocycles. The highest BCUT2D eigenvalue weighted by atomic mass is 16.5. The van der Waals surface area contributed by atoms with Gasteiger partial charge < -0.3 is 24.6 Å². The Hall–Kier alpha value is -3.22. The van der Waals surface area contributed by atoms with Crippen LogP contribution in [0.5, 0.6) is 17.2 Å². The minimum Gasteiger partial charge on any atom is -0.493 e. The molecule has 0 aliphatic rings. The number of ether oxygens (including phenoxy) is 3. The fourth-order valence-corrected chi connectivity index (χ4v) is 2.14. The number of anilines is 1. The van der Waals surface area contributed by atoms with Gasteiger partial charge in [-0.1, -0.05) is 0 Å². The number of carbonyl (C=O) groups excluding carboxylic acids is 1. The largest absolute Gasteiger partial charge is 0.493 e. The summed E-state index contributed by atoms with van der Waals surface area (Å²) in [5.41, 5.74) is 0.975. The summed E-state index contributed by atoms with van der Waals surface area (Å²) in [6.45, 7) is 3.39. The third-order valence-corrected chi connectivity index (χ3v) is 3.26. The highest BCUT2D eigenvalue weighted by molar-refractivity contribution is 6.04. The number of carboxylic acids is 1. The van der Waals surface area contributed by atoms with Crippen LogP contribution in [-0.4, -0.2) is 36.8 Å². The minimum atomic E-state index is -1.05. The molecule has 1 amide bonds. The van der Waals surface area contributed by atoms with E-state index in [9.17, 15) is 9.59 Å². The van der Waals surface area contributed by atoms with Gasteiger partial charge in [-0.2, -0.15) is 0 Å². The molecule has 0 aliphatic carbocycles. The van der Waals surface area contributed by atoms with Crippen molar-refractivity contribution in [3.63, 3.8) is 0 Å². The average Bonchev–Trinajstić information content (AvgIpc) is 2.60. The summed E-state index contributed by atoms with van der Waals surface area (Å²) in [5, 5.41) is 11.3. The van der Waals surface area contributed by atoms with E-state index < -0.39 is 12.6 Å². The van der Waals surface area contributed by atoms with Crippen molar-refractivity contribution in [3.8, 4) is 17.2 Å². The second kappa shape index (κ2) is 8.75. The number of nitrogens with one attached hydrogen (secondary N) is 1. The number of carbonyl (C=O) groups is 2. The Balaban J connectivity index is 2.06. The lowest BCUT2D eigenvalue weighted by Crippen LogP contribution is -2.13. The molecule has 0 aliphatic heterocycles. The lowest BCUT2D eigenvalue weighted by atomic mass is 10.1. The maximum absolute atomic E-state index is 12.4. The molecular formula is C19H21NO6. The van der Waals surface area contributed by atoms with Crippen molar-refractivity contribution in [1.29, 1.82) is 0 Å². The van der Waals surface area contributed by atoms with E-state index in [0.717, 1.165) is 0 Å². The Labute approximate surface area is 151 Å². The van der Waals surface area contributed by atoms with Crippen molar-refractivity contribution in [2.75, 3.05) is 19.0 Å². The van der Waals surface area contributed by atoms with Crippen molar-refractivity contribution in [3.05, 3.63) is 48.0 Å². The molecule has 2 aromatic carbocycles. The van der Waals surface area contributed by atoms with E-state index in [2.05, 4.69) is 5.32 Å². The van der Waals surface area contributed by atoms with Crippen molar-refractivity contribution in [1.82, 2.24) is 0 Å². The second-order valence-corrected chi connectivity index (χ2v) is 5.69. The number of methoxy groups -OCH3 is 1. The number of hydrogen-bond donors (Lipinski definition) is 2. The summed E-state index contributed by atoms with van der Waals surface area (Å²) in [6.07, 6.45) is -0.00885. The molecule has 0 bridgehead atoms. The van der Waals surface area contributed by atoms with Crippen LogP contribution in [0, 0.1) is 0 Å². The Bertz CT molecular complexity index is 770. The molecule has 2 rings (SSSR count). The number of rotatable bonds is 8. The van der Waals surface area contributed by atoms with Gasteiger partial charge in [0.05, 0.1) is 13.2 Å². The van der Waals surface area contributed by atoms with E-state index in [4.69, 9.17) is 19.3 Å². The number of benzene rings is 2. The standard InChI is InChI=1S/C19H21NO6/c1-12(2)26-16-9-4-13(10-17(16)24-3)19(23)20-14-5-7-15(8-6-14)25-11-18(21)22/h4-10,12H,11H2,1-3H3,(H,20,23)(H,21,22). The third-order valence-electron chi connectivity index (χ3n) is 3.26. The van der Waals surface area contributed by atoms with E-state index in [1.54, 1.807) is 42.5 Å². The third kappa shape index (κ3) is 5.41. The summed E-state index contributed by atoms with van der Waals surface area (Å²) in [5.74, 6) is 0.0878. The monoisotopic (exact) mass is 359 g/mol. The van der Waals surface area contributed by atoms with Gasteiger partial charge >= 0.3 is 5.97 Å². The van der Waals surface area contributed by atoms with E-state index in [1.807, 2.05) is 13.8 Å². The van der Waals surface area contributed by atoms with Gasteiger partial charge in [0.2, 0.25) is 0 Å². The number of aliphatic carboxylic acids is 1. The molecule has 0 spiro atoms. The van der Waals surface area contributed by atoms with Crippen molar-refractivity contribution in [2.24, 2.45) is 0 Å². The van der Waals surface area contributed by atoms with E-state index in [0.29, 0.717) is 28.5 Å². The lowest BCUT2D eigenvalue weighted by Gasteiger charge is -2.14. The molecule has 0 aromatic heterocycles. The van der Waals surface area contributed by atoms with Crippen molar-refractivity contribution in [2.45, 2.75) is 20.0 Å². The van der Waals surface area contributed by atoms with Gasteiger partial charge in [0.15, 0.2) is 18.1 Å². The first kappa shape index (κ1) is 19.1. The number of hydrogen-bond acceptors (Lipinski definition) is 5. The lowest BCUT2D eigenvalue weighted by molar-refractivity contribution is -0.139. The highest BCUT2D eigenvalue weighted by Gasteiger charge is 2.12. The van der Waals surface area contributed by atoms with Gasteiger partial charge in [0.1, 0.15) is 5.75 Å². The average molecular weight is 359 g/mol. The van der Waals surface area contributed by atoms with Gasteiger partial charge in [-0.25, -0.2) is 4.79 Å². The van der Waals surface area contributed by atoms with Crippen LogP contribution in [0.2, 0.25) is 0 Å². The predicted molar refractivity (Wildman–Crippen MR) is 96.3 cm³/mol. The van der Waals surface area contributed by atoms with Crippen LogP contribution in [-0.2, 0) is 4.79 Å². The van der Waals surface area contributed by atoms with Gasteiger partial charge in [-0.3, -0.25) is 4.79 Å². The van der Waals surface area contributed by atoms with Gasteiger partial charge in [0, 0.05) is 11.3 Å². The molecule has 26 heavy (non-hydrogen) atoms. The zero-order valence-corrected chi connectivity index (χ0v) is 14.8. The smallest absolute Gasteiger partial charge is 0.341 e.